The summed E-state index contributed by atoms with van der Waals surface area (Å²) < 4.78 is 83.2. The zero-order valence-electron chi connectivity index (χ0n) is 12.6. The summed E-state index contributed by atoms with van der Waals surface area (Å²) in [6, 6.07) is 8.84. The molecule has 0 N–H and O–H groups in total. The first-order valence-corrected chi connectivity index (χ1v) is 7.44. The van der Waals surface area contributed by atoms with E-state index in [-0.39, 0.29) is 21.9 Å². The van der Waals surface area contributed by atoms with Crippen molar-refractivity contribution in [2.45, 2.75) is 12.4 Å². The molecule has 0 atom stereocenters. The minimum Gasteiger partial charge on any atom is -0.457 e. The van der Waals surface area contributed by atoms with Gasteiger partial charge < -0.3 is 4.74 Å². The van der Waals surface area contributed by atoms with E-state index < -0.39 is 29.1 Å². The maximum atomic E-state index is 13.1. The molecule has 0 amide bonds. The number of benzene rings is 2. The molecule has 0 bridgehead atoms. The molecule has 0 unspecified atom stereocenters. The first kappa shape index (κ1) is 18.3. The zero-order valence-corrected chi connectivity index (χ0v) is 13.4. The summed E-state index contributed by atoms with van der Waals surface area (Å²) in [6.07, 6.45) is -9.56. The van der Waals surface area contributed by atoms with Gasteiger partial charge >= 0.3 is 12.4 Å². The molecule has 9 heteroatoms. The number of ether oxygens (including phenoxy) is 1. The van der Waals surface area contributed by atoms with Crippen LogP contribution >= 0.6 is 11.6 Å². The fourth-order valence-electron chi connectivity index (χ4n) is 2.26. The molecule has 0 radical (unpaired) electrons. The SMILES string of the molecule is FC(F)(F)c1ccc2c(Oc3cccc(Cl)c3)cc(C(F)(F)F)nc2c1. The zero-order chi connectivity index (χ0) is 19.1. The first-order valence-electron chi connectivity index (χ1n) is 7.07. The second-order valence-electron chi connectivity index (χ2n) is 5.29. The van der Waals surface area contributed by atoms with Gasteiger partial charge in [-0.1, -0.05) is 17.7 Å². The summed E-state index contributed by atoms with van der Waals surface area (Å²) in [5.41, 5.74) is -2.95. The van der Waals surface area contributed by atoms with Crippen molar-refractivity contribution >= 4 is 22.5 Å². The normalized spacial score (nSPS) is 12.4. The van der Waals surface area contributed by atoms with Gasteiger partial charge in [0.25, 0.3) is 0 Å². The predicted molar refractivity (Wildman–Crippen MR) is 83.3 cm³/mol. The first-order chi connectivity index (χ1) is 12.0. The number of fused-ring (bicyclic) bond motifs is 1. The third kappa shape index (κ3) is 3.85. The van der Waals surface area contributed by atoms with Gasteiger partial charge in [-0.05, 0) is 36.4 Å². The average Bonchev–Trinajstić information content (AvgIpc) is 2.52. The number of alkyl halides is 6. The molecule has 26 heavy (non-hydrogen) atoms. The second kappa shape index (κ2) is 6.35. The monoisotopic (exact) mass is 391 g/mol. The van der Waals surface area contributed by atoms with Gasteiger partial charge in [0.1, 0.15) is 17.2 Å². The summed E-state index contributed by atoms with van der Waals surface area (Å²) in [7, 11) is 0. The van der Waals surface area contributed by atoms with E-state index in [1.54, 1.807) is 0 Å². The van der Waals surface area contributed by atoms with Crippen molar-refractivity contribution < 1.29 is 31.1 Å². The van der Waals surface area contributed by atoms with Crippen molar-refractivity contribution in [2.75, 3.05) is 0 Å². The molecule has 0 spiro atoms. The molecule has 2 aromatic carbocycles. The molecular weight excluding hydrogens is 384 g/mol. The van der Waals surface area contributed by atoms with Crippen LogP contribution in [0.5, 0.6) is 11.5 Å². The number of nitrogens with zero attached hydrogens (tertiary/aromatic N) is 1. The standard InChI is InChI=1S/C17H8ClF6NO/c18-10-2-1-3-11(7-10)26-14-8-15(17(22,23)24)25-13-6-9(16(19,20)21)4-5-12(13)14/h1-8H. The quantitative estimate of drug-likeness (QED) is 0.452. The van der Waals surface area contributed by atoms with Crippen LogP contribution in [0.4, 0.5) is 26.3 Å². The van der Waals surface area contributed by atoms with Crippen LogP contribution < -0.4 is 4.74 Å². The molecule has 0 aliphatic heterocycles. The summed E-state index contributed by atoms with van der Waals surface area (Å²) in [5.74, 6) is -0.142. The lowest BCUT2D eigenvalue weighted by Crippen LogP contribution is -2.09. The minimum atomic E-state index is -4.85. The van der Waals surface area contributed by atoms with Crippen LogP contribution in [0, 0.1) is 0 Å². The number of pyridine rings is 1. The van der Waals surface area contributed by atoms with E-state index in [4.69, 9.17) is 16.3 Å². The smallest absolute Gasteiger partial charge is 0.433 e. The number of aromatic nitrogens is 1. The highest BCUT2D eigenvalue weighted by atomic mass is 35.5. The van der Waals surface area contributed by atoms with Crippen molar-refractivity contribution in [1.29, 1.82) is 0 Å². The highest BCUT2D eigenvalue weighted by molar-refractivity contribution is 6.30. The van der Waals surface area contributed by atoms with E-state index in [2.05, 4.69) is 4.98 Å². The largest absolute Gasteiger partial charge is 0.457 e. The van der Waals surface area contributed by atoms with Crippen molar-refractivity contribution in [2.24, 2.45) is 0 Å². The number of rotatable bonds is 2. The minimum absolute atomic E-state index is 0.00553. The molecule has 3 aromatic rings. The molecule has 1 aromatic heterocycles. The third-order valence-electron chi connectivity index (χ3n) is 3.41. The van der Waals surface area contributed by atoms with E-state index in [1.165, 1.54) is 24.3 Å². The maximum absolute atomic E-state index is 13.1. The average molecular weight is 392 g/mol. The Hall–Kier alpha value is -2.48. The fraction of sp³-hybridized carbons (Fsp3) is 0.118. The maximum Gasteiger partial charge on any atom is 0.433 e. The predicted octanol–water partition coefficient (Wildman–Crippen LogP) is 6.72. The lowest BCUT2D eigenvalue weighted by Gasteiger charge is -2.14. The van der Waals surface area contributed by atoms with E-state index in [0.29, 0.717) is 12.1 Å². The van der Waals surface area contributed by atoms with E-state index in [1.807, 2.05) is 0 Å². The number of hydrogen-bond acceptors (Lipinski definition) is 2. The van der Waals surface area contributed by atoms with E-state index >= 15 is 0 Å². The molecule has 0 aliphatic carbocycles. The molecular formula is C17H8ClF6NO. The van der Waals surface area contributed by atoms with Gasteiger partial charge in [-0.25, -0.2) is 4.98 Å². The van der Waals surface area contributed by atoms with Crippen molar-refractivity contribution in [3.8, 4) is 11.5 Å². The van der Waals surface area contributed by atoms with Crippen LogP contribution in [0.3, 0.4) is 0 Å². The molecule has 1 heterocycles. The van der Waals surface area contributed by atoms with Crippen LogP contribution in [-0.4, -0.2) is 4.98 Å². The van der Waals surface area contributed by atoms with Gasteiger partial charge in [0.15, 0.2) is 0 Å². The van der Waals surface area contributed by atoms with Gasteiger partial charge in [0.05, 0.1) is 11.1 Å². The lowest BCUT2D eigenvalue weighted by molar-refractivity contribution is -0.141. The van der Waals surface area contributed by atoms with Gasteiger partial charge in [-0.2, -0.15) is 26.3 Å². The third-order valence-corrected chi connectivity index (χ3v) is 3.65. The lowest BCUT2D eigenvalue weighted by atomic mass is 10.1. The van der Waals surface area contributed by atoms with Crippen LogP contribution in [0.1, 0.15) is 11.3 Å². The van der Waals surface area contributed by atoms with Crippen molar-refractivity contribution in [3.05, 3.63) is 64.8 Å². The number of halogens is 7. The Balaban J connectivity index is 2.19. The highest BCUT2D eigenvalue weighted by Gasteiger charge is 2.35. The van der Waals surface area contributed by atoms with Gasteiger partial charge in [0.2, 0.25) is 0 Å². The molecule has 0 saturated carbocycles. The Morgan fingerprint density at radius 2 is 1.58 bits per heavy atom. The molecule has 2 nitrogen and oxygen atoms in total. The Morgan fingerprint density at radius 3 is 2.19 bits per heavy atom. The summed E-state index contributed by atoms with van der Waals surface area (Å²) >= 11 is 5.81. The fourth-order valence-corrected chi connectivity index (χ4v) is 2.44. The summed E-state index contributed by atoms with van der Waals surface area (Å²) in [6.45, 7) is 0. The Kier molecular flexibility index (Phi) is 4.47. The Morgan fingerprint density at radius 1 is 0.846 bits per heavy atom. The summed E-state index contributed by atoms with van der Waals surface area (Å²) in [5, 5.41) is 0.294. The molecule has 136 valence electrons. The number of hydrogen-bond donors (Lipinski definition) is 0. The second-order valence-corrected chi connectivity index (χ2v) is 5.73. The van der Waals surface area contributed by atoms with Crippen LogP contribution in [0.2, 0.25) is 5.02 Å². The Labute approximate surface area is 148 Å². The molecule has 0 saturated heterocycles. The van der Waals surface area contributed by atoms with E-state index in [0.717, 1.165) is 12.1 Å². The van der Waals surface area contributed by atoms with Crippen LogP contribution in [0.15, 0.2) is 48.5 Å². The molecule has 0 fully saturated rings. The van der Waals surface area contributed by atoms with Crippen molar-refractivity contribution in [1.82, 2.24) is 4.98 Å². The topological polar surface area (TPSA) is 22.1 Å². The van der Waals surface area contributed by atoms with Crippen LogP contribution in [0.25, 0.3) is 10.9 Å². The van der Waals surface area contributed by atoms with E-state index in [9.17, 15) is 26.3 Å². The molecule has 3 rings (SSSR count). The highest BCUT2D eigenvalue weighted by Crippen LogP contribution is 2.38. The van der Waals surface area contributed by atoms with Gasteiger partial charge in [0, 0.05) is 16.5 Å². The molecule has 0 aliphatic rings. The van der Waals surface area contributed by atoms with Gasteiger partial charge in [-0.15, -0.1) is 0 Å². The Bertz CT molecular complexity index is 962. The summed E-state index contributed by atoms with van der Waals surface area (Å²) in [4.78, 5) is 3.31. The van der Waals surface area contributed by atoms with Crippen molar-refractivity contribution in [3.63, 3.8) is 0 Å². The van der Waals surface area contributed by atoms with Gasteiger partial charge in [-0.3, -0.25) is 0 Å². The van der Waals surface area contributed by atoms with Crippen LogP contribution in [-0.2, 0) is 12.4 Å².